The number of rotatable bonds is 4. The fourth-order valence-corrected chi connectivity index (χ4v) is 3.09. The van der Waals surface area contributed by atoms with Gasteiger partial charge in [-0.05, 0) is 0 Å². The van der Waals surface area contributed by atoms with Gasteiger partial charge in [-0.3, -0.25) is 0 Å². The van der Waals surface area contributed by atoms with E-state index in [1.807, 2.05) is 24.3 Å². The first kappa shape index (κ1) is 25.9. The Morgan fingerprint density at radius 1 is 0.455 bits per heavy atom. The molecule has 4 nitrogen and oxygen atoms in total. The van der Waals surface area contributed by atoms with Gasteiger partial charge in [0.05, 0.1) is 0 Å². The van der Waals surface area contributed by atoms with E-state index in [1.165, 1.54) is 34.1 Å². The van der Waals surface area contributed by atoms with Crippen molar-refractivity contribution in [2.45, 2.75) is 13.8 Å². The van der Waals surface area contributed by atoms with Crippen LogP contribution in [0.3, 0.4) is 0 Å². The molecule has 0 spiro atoms. The molecule has 0 aromatic heterocycles. The first-order valence-corrected chi connectivity index (χ1v) is 12.5. The van der Waals surface area contributed by atoms with Gasteiger partial charge in [-0.25, -0.2) is 0 Å². The van der Waals surface area contributed by atoms with Gasteiger partial charge in [0.2, 0.25) is 0 Å². The molecule has 0 fully saturated rings. The van der Waals surface area contributed by atoms with Crippen LogP contribution in [0, 0.1) is 11.8 Å². The normalized spacial score (nSPS) is 10.1. The third kappa shape index (κ3) is 10.2. The van der Waals surface area contributed by atoms with E-state index in [4.69, 9.17) is 15.9 Å². The van der Waals surface area contributed by atoms with Crippen molar-refractivity contribution in [1.82, 2.24) is 0 Å². The third-order valence-corrected chi connectivity index (χ3v) is 4.83. The summed E-state index contributed by atoms with van der Waals surface area (Å²) in [5.74, 6) is 2.65. The average Bonchev–Trinajstić information content (AvgIpc) is 2.85. The van der Waals surface area contributed by atoms with Gasteiger partial charge in [-0.2, -0.15) is 0 Å². The Balaban J connectivity index is 0.000000195. The molecule has 33 heavy (non-hydrogen) atoms. The van der Waals surface area contributed by atoms with Crippen LogP contribution in [-0.4, -0.2) is 8.32 Å². The molecule has 0 aliphatic carbocycles. The Kier molecular flexibility index (Phi) is 10.4. The number of hydrogen-bond acceptors (Lipinski definition) is 2. The van der Waals surface area contributed by atoms with Crippen molar-refractivity contribution in [3.8, 4) is 0 Å². The molecule has 0 amide bonds. The summed E-state index contributed by atoms with van der Waals surface area (Å²) in [7, 11) is 0. The summed E-state index contributed by atoms with van der Waals surface area (Å²) in [5.41, 5.74) is 5.16. The molecular weight excluding hydrogens is 452 g/mol. The molecule has 0 aliphatic rings. The van der Waals surface area contributed by atoms with Crippen LogP contribution in [0.1, 0.15) is 36.1 Å². The molecule has 4 aromatic carbocycles. The van der Waals surface area contributed by atoms with Gasteiger partial charge in [-0.1, -0.05) is 86.6 Å². The van der Waals surface area contributed by atoms with Crippen LogP contribution in [0.4, 0.5) is 0 Å². The second-order valence-corrected chi connectivity index (χ2v) is 8.56. The van der Waals surface area contributed by atoms with Crippen molar-refractivity contribution in [1.29, 1.82) is 0 Å². The van der Waals surface area contributed by atoms with Gasteiger partial charge in [-0.15, -0.1) is 82.6 Å². The van der Waals surface area contributed by atoms with E-state index in [9.17, 15) is 0 Å². The van der Waals surface area contributed by atoms with E-state index in [-0.39, 0.29) is 0 Å². The van der Waals surface area contributed by atoms with Gasteiger partial charge < -0.3 is 0 Å². The van der Waals surface area contributed by atoms with Crippen molar-refractivity contribution >= 4 is 0 Å². The molecule has 0 heterocycles. The second-order valence-electron chi connectivity index (χ2n) is 7.16. The molecule has 0 atom stereocenters. The first-order chi connectivity index (χ1) is 15.8. The Bertz CT molecular complexity index is 980. The standard InChI is InChI=1S/2C14H13.Cr.2H2O.2O/c2*1-12(13-8-4-2-5-9-13)14-10-6-3-7-11-14;;;;;/h2*2-11H,1H3;;2*1H2;;/q2*-1;+2;;;;/p-2. The van der Waals surface area contributed by atoms with Crippen molar-refractivity contribution in [2.75, 3.05) is 0 Å². The van der Waals surface area contributed by atoms with E-state index < -0.39 is 13.6 Å². The topological polar surface area (TPSA) is 74.6 Å². The molecule has 0 radical (unpaired) electrons. The van der Waals surface area contributed by atoms with E-state index in [0.29, 0.717) is 0 Å². The molecule has 0 aliphatic heterocycles. The van der Waals surface area contributed by atoms with Crippen LogP contribution >= 0.6 is 0 Å². The minimum absolute atomic E-state index is 1.29. The maximum absolute atomic E-state index is 8.82. The fourth-order valence-electron chi connectivity index (χ4n) is 3.09. The molecule has 0 bridgehead atoms. The molecule has 4 rings (SSSR count). The molecule has 0 saturated heterocycles. The Hall–Kier alpha value is -3.33. The fraction of sp³-hybridized carbons (Fsp3) is 0.0714. The zero-order valence-electron chi connectivity index (χ0n) is 18.7. The van der Waals surface area contributed by atoms with Crippen LogP contribution in [0.25, 0.3) is 0 Å². The second kappa shape index (κ2) is 13.3. The summed E-state index contributed by atoms with van der Waals surface area (Å²) in [5, 5.41) is 0. The maximum atomic E-state index is 8.82. The Morgan fingerprint density at radius 3 is 0.758 bits per heavy atom. The number of benzene rings is 4. The van der Waals surface area contributed by atoms with Crippen LogP contribution in [0.15, 0.2) is 121 Å². The van der Waals surface area contributed by atoms with Gasteiger partial charge in [0.15, 0.2) is 0 Å². The van der Waals surface area contributed by atoms with Gasteiger partial charge in [0, 0.05) is 0 Å². The molecule has 2 N–H and O–H groups in total. The molecule has 172 valence electrons. The third-order valence-electron chi connectivity index (χ3n) is 4.83. The SMILES string of the molecule is C[C-](c1ccccc1)c1ccccc1.C[C-](c1ccccc1)c1ccccc1.[O]=[Cr](=[O])([OH])[OH]. The van der Waals surface area contributed by atoms with Gasteiger partial charge >= 0.3 is 29.5 Å². The summed E-state index contributed by atoms with van der Waals surface area (Å²) >= 11 is -5.25. The zero-order valence-corrected chi connectivity index (χ0v) is 19.9. The Morgan fingerprint density at radius 2 is 0.606 bits per heavy atom. The quantitative estimate of drug-likeness (QED) is 0.351. The Labute approximate surface area is 198 Å². The van der Waals surface area contributed by atoms with E-state index >= 15 is 0 Å². The first-order valence-electron chi connectivity index (χ1n) is 10.3. The van der Waals surface area contributed by atoms with Gasteiger partial charge in [0.1, 0.15) is 0 Å². The van der Waals surface area contributed by atoms with E-state index in [0.717, 1.165) is 0 Å². The van der Waals surface area contributed by atoms with E-state index in [1.54, 1.807) is 0 Å². The summed E-state index contributed by atoms with van der Waals surface area (Å²) < 4.78 is 31.9. The van der Waals surface area contributed by atoms with Crippen LogP contribution in [-0.2, 0) is 21.2 Å². The molecule has 5 heteroatoms. The zero-order chi connectivity index (χ0) is 24.1. The van der Waals surface area contributed by atoms with Crippen LogP contribution in [0.2, 0.25) is 0 Å². The van der Waals surface area contributed by atoms with E-state index in [2.05, 4.69) is 111 Å². The summed E-state index contributed by atoms with van der Waals surface area (Å²) in [6, 6.07) is 41.9. The number of hydrogen-bond donors (Lipinski definition) is 2. The van der Waals surface area contributed by atoms with Crippen molar-refractivity contribution in [2.24, 2.45) is 0 Å². The minimum atomic E-state index is -5.25. The predicted octanol–water partition coefficient (Wildman–Crippen LogP) is 6.00. The van der Waals surface area contributed by atoms with Crippen LogP contribution < -0.4 is 0 Å². The van der Waals surface area contributed by atoms with Crippen molar-refractivity contribution in [3.05, 3.63) is 155 Å². The summed E-state index contributed by atoms with van der Waals surface area (Å²) in [6.07, 6.45) is 0. The molecular formula is C28H28CrO4-2. The average molecular weight is 481 g/mol. The summed E-state index contributed by atoms with van der Waals surface area (Å²) in [4.78, 5) is 0. The predicted molar refractivity (Wildman–Crippen MR) is 126 cm³/mol. The summed E-state index contributed by atoms with van der Waals surface area (Å²) in [6.45, 7) is 4.31. The molecule has 0 unspecified atom stereocenters. The van der Waals surface area contributed by atoms with Crippen molar-refractivity contribution < 1.29 is 29.5 Å². The van der Waals surface area contributed by atoms with Crippen LogP contribution in [0.5, 0.6) is 0 Å². The molecule has 0 saturated carbocycles. The van der Waals surface area contributed by atoms with Crippen molar-refractivity contribution in [3.63, 3.8) is 0 Å². The molecule has 4 aromatic rings. The monoisotopic (exact) mass is 480 g/mol. The van der Waals surface area contributed by atoms with Gasteiger partial charge in [0.25, 0.3) is 0 Å².